The maximum atomic E-state index is 12.7. The Morgan fingerprint density at radius 2 is 1.94 bits per heavy atom. The van der Waals surface area contributed by atoms with E-state index in [1.54, 1.807) is 6.07 Å². The molecule has 0 radical (unpaired) electrons. The average molecular weight is 252 g/mol. The Bertz CT molecular complexity index is 376. The smallest absolute Gasteiger partial charge is 0.324 e. The zero-order valence-corrected chi connectivity index (χ0v) is 9.37. The summed E-state index contributed by atoms with van der Waals surface area (Å²) in [6.45, 7) is 0. The fraction of sp³-hybridized carbons (Fsp3) is 0.455. The van der Waals surface area contributed by atoms with E-state index in [0.717, 1.165) is 18.9 Å². The van der Waals surface area contributed by atoms with Crippen molar-refractivity contribution in [3.63, 3.8) is 0 Å². The van der Waals surface area contributed by atoms with Gasteiger partial charge in [0.1, 0.15) is 0 Å². The molecular formula is C11H13ClF3N. The summed E-state index contributed by atoms with van der Waals surface area (Å²) in [5.74, 6) is 0. The van der Waals surface area contributed by atoms with Crippen LogP contribution in [-0.4, -0.2) is 0 Å². The maximum Gasteiger partial charge on any atom is 0.416 e. The molecule has 0 heterocycles. The third-order valence-corrected chi connectivity index (χ3v) is 2.86. The van der Waals surface area contributed by atoms with Gasteiger partial charge in [-0.3, -0.25) is 0 Å². The Labute approximate surface area is 98.2 Å². The molecule has 0 saturated carbocycles. The standard InChI is InChI=1S/C11H12F3N.ClH/c12-11(13,14)9-5-1-4-8-7(9)3-2-6-10(8)15;/h1,4-5,10H,2-3,6,15H2;1H/t10-;/m1./s1. The van der Waals surface area contributed by atoms with Gasteiger partial charge in [0.25, 0.3) is 0 Å². The van der Waals surface area contributed by atoms with E-state index >= 15 is 0 Å². The van der Waals surface area contributed by atoms with Crippen LogP contribution < -0.4 is 5.73 Å². The molecule has 1 aromatic carbocycles. The van der Waals surface area contributed by atoms with Gasteiger partial charge in [-0.05, 0) is 36.5 Å². The molecular weight excluding hydrogens is 239 g/mol. The second kappa shape index (κ2) is 4.63. The summed E-state index contributed by atoms with van der Waals surface area (Å²) in [6.07, 6.45) is -2.27. The van der Waals surface area contributed by atoms with Gasteiger partial charge in [-0.1, -0.05) is 12.1 Å². The number of nitrogens with two attached hydrogens (primary N) is 1. The van der Waals surface area contributed by atoms with E-state index in [4.69, 9.17) is 5.73 Å². The van der Waals surface area contributed by atoms with Crippen LogP contribution in [0.15, 0.2) is 18.2 Å². The van der Waals surface area contributed by atoms with Crippen LogP contribution in [0.25, 0.3) is 0 Å². The molecule has 0 unspecified atom stereocenters. The Kier molecular flexibility index (Phi) is 3.86. The molecule has 1 atom stereocenters. The molecule has 0 aromatic heterocycles. The predicted octanol–water partition coefficient (Wildman–Crippen LogP) is 3.46. The van der Waals surface area contributed by atoms with E-state index in [1.165, 1.54) is 6.07 Å². The summed E-state index contributed by atoms with van der Waals surface area (Å²) in [4.78, 5) is 0. The van der Waals surface area contributed by atoms with Crippen LogP contribution in [0.1, 0.15) is 35.6 Å². The summed E-state index contributed by atoms with van der Waals surface area (Å²) in [5, 5.41) is 0. The van der Waals surface area contributed by atoms with Crippen LogP contribution in [0, 0.1) is 0 Å². The zero-order valence-electron chi connectivity index (χ0n) is 8.55. The maximum absolute atomic E-state index is 12.7. The molecule has 1 aliphatic carbocycles. The molecule has 2 N–H and O–H groups in total. The number of alkyl halides is 3. The summed E-state index contributed by atoms with van der Waals surface area (Å²) < 4.78 is 38.0. The van der Waals surface area contributed by atoms with Crippen molar-refractivity contribution in [3.05, 3.63) is 34.9 Å². The first-order chi connectivity index (χ1) is 7.00. The first-order valence-electron chi connectivity index (χ1n) is 4.94. The molecule has 0 fully saturated rings. The quantitative estimate of drug-likeness (QED) is 0.751. The van der Waals surface area contributed by atoms with Crippen LogP contribution in [-0.2, 0) is 12.6 Å². The van der Waals surface area contributed by atoms with Gasteiger partial charge in [0, 0.05) is 6.04 Å². The van der Waals surface area contributed by atoms with Crippen molar-refractivity contribution in [1.29, 1.82) is 0 Å². The van der Waals surface area contributed by atoms with Crippen LogP contribution in [0.3, 0.4) is 0 Å². The number of rotatable bonds is 0. The molecule has 1 nitrogen and oxygen atoms in total. The second-order valence-electron chi connectivity index (χ2n) is 3.87. The first kappa shape index (κ1) is 13.3. The molecule has 5 heteroatoms. The minimum absolute atomic E-state index is 0. The molecule has 16 heavy (non-hydrogen) atoms. The fourth-order valence-corrected chi connectivity index (χ4v) is 2.15. The van der Waals surface area contributed by atoms with E-state index < -0.39 is 11.7 Å². The van der Waals surface area contributed by atoms with Crippen molar-refractivity contribution >= 4 is 12.4 Å². The highest BCUT2D eigenvalue weighted by molar-refractivity contribution is 5.85. The topological polar surface area (TPSA) is 26.0 Å². The number of hydrogen-bond acceptors (Lipinski definition) is 1. The predicted molar refractivity (Wildman–Crippen MR) is 58.6 cm³/mol. The van der Waals surface area contributed by atoms with Gasteiger partial charge in [0.15, 0.2) is 0 Å². The van der Waals surface area contributed by atoms with Crippen molar-refractivity contribution < 1.29 is 13.2 Å². The lowest BCUT2D eigenvalue weighted by Crippen LogP contribution is -2.21. The number of fused-ring (bicyclic) bond motifs is 1. The monoisotopic (exact) mass is 251 g/mol. The highest BCUT2D eigenvalue weighted by Gasteiger charge is 2.35. The van der Waals surface area contributed by atoms with Gasteiger partial charge < -0.3 is 5.73 Å². The third kappa shape index (κ3) is 2.33. The lowest BCUT2D eigenvalue weighted by atomic mass is 9.85. The lowest BCUT2D eigenvalue weighted by molar-refractivity contribution is -0.138. The van der Waals surface area contributed by atoms with E-state index in [0.29, 0.717) is 17.5 Å². The Hall–Kier alpha value is -0.740. The molecule has 90 valence electrons. The molecule has 1 aromatic rings. The largest absolute Gasteiger partial charge is 0.416 e. The summed E-state index contributed by atoms with van der Waals surface area (Å²) >= 11 is 0. The van der Waals surface area contributed by atoms with Gasteiger partial charge in [0.05, 0.1) is 5.56 Å². The summed E-state index contributed by atoms with van der Waals surface area (Å²) in [6, 6.07) is 4.04. The van der Waals surface area contributed by atoms with E-state index in [9.17, 15) is 13.2 Å². The minimum Gasteiger partial charge on any atom is -0.324 e. The highest BCUT2D eigenvalue weighted by Crippen LogP contribution is 2.38. The van der Waals surface area contributed by atoms with Crippen molar-refractivity contribution in [2.75, 3.05) is 0 Å². The van der Waals surface area contributed by atoms with Gasteiger partial charge in [0.2, 0.25) is 0 Å². The Morgan fingerprint density at radius 3 is 2.56 bits per heavy atom. The van der Waals surface area contributed by atoms with Gasteiger partial charge in [-0.2, -0.15) is 13.2 Å². The molecule has 0 spiro atoms. The van der Waals surface area contributed by atoms with E-state index in [2.05, 4.69) is 0 Å². The van der Waals surface area contributed by atoms with Crippen molar-refractivity contribution in [3.8, 4) is 0 Å². The second-order valence-corrected chi connectivity index (χ2v) is 3.87. The lowest BCUT2D eigenvalue weighted by Gasteiger charge is -2.25. The van der Waals surface area contributed by atoms with Crippen molar-refractivity contribution in [2.24, 2.45) is 5.73 Å². The van der Waals surface area contributed by atoms with Crippen LogP contribution in [0.4, 0.5) is 13.2 Å². The zero-order chi connectivity index (χ0) is 11.1. The van der Waals surface area contributed by atoms with Gasteiger partial charge in [-0.15, -0.1) is 12.4 Å². The van der Waals surface area contributed by atoms with Crippen LogP contribution in [0.2, 0.25) is 0 Å². The van der Waals surface area contributed by atoms with Gasteiger partial charge in [-0.25, -0.2) is 0 Å². The Morgan fingerprint density at radius 1 is 1.25 bits per heavy atom. The Balaban J connectivity index is 0.00000128. The molecule has 0 bridgehead atoms. The average Bonchev–Trinajstić information content (AvgIpc) is 2.16. The van der Waals surface area contributed by atoms with Gasteiger partial charge >= 0.3 is 6.18 Å². The number of halogens is 4. The fourth-order valence-electron chi connectivity index (χ4n) is 2.15. The van der Waals surface area contributed by atoms with Crippen molar-refractivity contribution in [1.82, 2.24) is 0 Å². The summed E-state index contributed by atoms with van der Waals surface area (Å²) in [5.41, 5.74) is 6.33. The summed E-state index contributed by atoms with van der Waals surface area (Å²) in [7, 11) is 0. The molecule has 0 saturated heterocycles. The first-order valence-corrected chi connectivity index (χ1v) is 4.94. The normalized spacial score (nSPS) is 19.9. The number of benzene rings is 1. The minimum atomic E-state index is -4.26. The molecule has 2 rings (SSSR count). The van der Waals surface area contributed by atoms with Crippen LogP contribution in [0.5, 0.6) is 0 Å². The van der Waals surface area contributed by atoms with Crippen LogP contribution >= 0.6 is 12.4 Å². The van der Waals surface area contributed by atoms with E-state index in [-0.39, 0.29) is 18.4 Å². The molecule has 1 aliphatic rings. The highest BCUT2D eigenvalue weighted by atomic mass is 35.5. The van der Waals surface area contributed by atoms with Crippen molar-refractivity contribution in [2.45, 2.75) is 31.5 Å². The molecule has 0 amide bonds. The number of hydrogen-bond donors (Lipinski definition) is 1. The SMILES string of the molecule is Cl.N[C@@H]1CCCc2c1cccc2C(F)(F)F. The third-order valence-electron chi connectivity index (χ3n) is 2.86. The molecule has 0 aliphatic heterocycles. The van der Waals surface area contributed by atoms with E-state index in [1.807, 2.05) is 0 Å².